The zero-order chi connectivity index (χ0) is 16.0. The topological polar surface area (TPSA) is 62.6 Å². The number of piperidine rings is 1. The number of nitrogens with one attached hydrogen (secondary N) is 1. The predicted octanol–water partition coefficient (Wildman–Crippen LogP) is 2.46. The Morgan fingerprint density at radius 1 is 1.26 bits per heavy atom. The highest BCUT2D eigenvalue weighted by Gasteiger charge is 2.33. The van der Waals surface area contributed by atoms with Gasteiger partial charge in [0.15, 0.2) is 11.5 Å². The summed E-state index contributed by atoms with van der Waals surface area (Å²) in [6.45, 7) is 4.76. The molecule has 2 aliphatic heterocycles. The third-order valence-electron chi connectivity index (χ3n) is 4.93. The first-order chi connectivity index (χ1) is 11.1. The van der Waals surface area contributed by atoms with Gasteiger partial charge in [0.25, 0.3) is 5.91 Å². The van der Waals surface area contributed by atoms with Gasteiger partial charge < -0.3 is 14.6 Å². The molecule has 1 N–H and O–H groups in total. The number of carbonyl (C=O) groups is 2. The fraction of sp³-hybridized carbons (Fsp3) is 0.444. The lowest BCUT2D eigenvalue weighted by molar-refractivity contribution is 0.0908. The highest BCUT2D eigenvalue weighted by molar-refractivity contribution is 6.00. The number of Topliss-reactive ketones (excluding diaryl/α,β-unsaturated/α-hetero) is 1. The first-order valence-corrected chi connectivity index (χ1v) is 8.16. The van der Waals surface area contributed by atoms with Crippen LogP contribution in [0.3, 0.4) is 0 Å². The molecule has 1 aromatic carbocycles. The van der Waals surface area contributed by atoms with Gasteiger partial charge in [-0.1, -0.05) is 0 Å². The van der Waals surface area contributed by atoms with Crippen molar-refractivity contribution in [2.24, 2.45) is 5.92 Å². The summed E-state index contributed by atoms with van der Waals surface area (Å²) in [6, 6.07) is 7.23. The van der Waals surface area contributed by atoms with Gasteiger partial charge in [-0.3, -0.25) is 9.59 Å². The molecule has 23 heavy (non-hydrogen) atoms. The van der Waals surface area contributed by atoms with Crippen molar-refractivity contribution < 1.29 is 14.0 Å². The average Bonchev–Trinajstić information content (AvgIpc) is 3.09. The molecule has 5 nitrogen and oxygen atoms in total. The first-order valence-electron chi connectivity index (χ1n) is 8.16. The fourth-order valence-corrected chi connectivity index (χ4v) is 3.79. The monoisotopic (exact) mass is 312 g/mol. The molecule has 1 aromatic heterocycles. The molecule has 0 spiro atoms. The quantitative estimate of drug-likeness (QED) is 0.884. The smallest absolute Gasteiger partial charge is 0.251 e. The molecule has 3 heterocycles. The largest absolute Gasteiger partial charge is 0.453 e. The molecule has 2 aliphatic rings. The molecule has 2 aromatic rings. The lowest BCUT2D eigenvalue weighted by Crippen LogP contribution is -2.47. The van der Waals surface area contributed by atoms with Gasteiger partial charge in [-0.2, -0.15) is 0 Å². The number of benzene rings is 1. The Kier molecular flexibility index (Phi) is 3.45. The minimum absolute atomic E-state index is 0.0509. The van der Waals surface area contributed by atoms with Crippen molar-refractivity contribution in [1.82, 2.24) is 10.2 Å². The maximum Gasteiger partial charge on any atom is 0.251 e. The van der Waals surface area contributed by atoms with Crippen LogP contribution in [-0.4, -0.2) is 42.3 Å². The zero-order valence-corrected chi connectivity index (χ0v) is 13.2. The molecule has 1 unspecified atom stereocenters. The summed E-state index contributed by atoms with van der Waals surface area (Å²) in [7, 11) is 0. The second-order valence-electron chi connectivity index (χ2n) is 6.74. The number of rotatable bonds is 3. The van der Waals surface area contributed by atoms with Crippen LogP contribution < -0.4 is 5.32 Å². The molecule has 4 rings (SSSR count). The van der Waals surface area contributed by atoms with E-state index in [2.05, 4.69) is 10.2 Å². The van der Waals surface area contributed by atoms with Crippen molar-refractivity contribution in [2.75, 3.05) is 19.6 Å². The van der Waals surface area contributed by atoms with Gasteiger partial charge in [0.05, 0.1) is 0 Å². The highest BCUT2D eigenvalue weighted by Crippen LogP contribution is 2.27. The molecule has 0 aliphatic carbocycles. The number of amides is 1. The molecule has 120 valence electrons. The second kappa shape index (κ2) is 5.49. The third kappa shape index (κ3) is 2.77. The van der Waals surface area contributed by atoms with E-state index in [1.807, 2.05) is 0 Å². The standard InChI is InChI=1S/C18H20N2O3/c1-11(21)17-8-14-7-13(2-3-16(14)23-17)18(22)19-15-6-12-4-5-20(9-12)10-15/h2-3,7-8,12,15H,4-6,9-10H2,1H3,(H,19,22)/t12-,15+/m0/s1. The van der Waals surface area contributed by atoms with Crippen LogP contribution in [0.4, 0.5) is 0 Å². The number of ketones is 1. The summed E-state index contributed by atoms with van der Waals surface area (Å²) >= 11 is 0. The van der Waals surface area contributed by atoms with Crippen molar-refractivity contribution in [3.8, 4) is 0 Å². The Morgan fingerprint density at radius 3 is 2.91 bits per heavy atom. The van der Waals surface area contributed by atoms with Crippen LogP contribution in [0, 0.1) is 5.92 Å². The first kappa shape index (κ1) is 14.5. The number of hydrogen-bond acceptors (Lipinski definition) is 4. The average molecular weight is 312 g/mol. The second-order valence-corrected chi connectivity index (χ2v) is 6.74. The molecule has 5 heteroatoms. The van der Waals surface area contributed by atoms with E-state index in [9.17, 15) is 9.59 Å². The Morgan fingerprint density at radius 2 is 2.13 bits per heavy atom. The molecule has 2 saturated heterocycles. The van der Waals surface area contributed by atoms with E-state index in [1.54, 1.807) is 24.3 Å². The molecule has 0 radical (unpaired) electrons. The minimum Gasteiger partial charge on any atom is -0.453 e. The van der Waals surface area contributed by atoms with Crippen LogP contribution in [0.25, 0.3) is 11.0 Å². The number of nitrogens with zero attached hydrogens (tertiary/aromatic N) is 1. The van der Waals surface area contributed by atoms with Gasteiger partial charge in [-0.05, 0) is 49.6 Å². The van der Waals surface area contributed by atoms with E-state index in [4.69, 9.17) is 4.42 Å². The SMILES string of the molecule is CC(=O)c1cc2cc(C(=O)N[C@@H]3C[C@@H]4CCN(C4)C3)ccc2o1. The zero-order valence-electron chi connectivity index (χ0n) is 13.2. The summed E-state index contributed by atoms with van der Waals surface area (Å²) in [5.41, 5.74) is 1.25. The van der Waals surface area contributed by atoms with Crippen LogP contribution in [0.2, 0.25) is 0 Å². The maximum atomic E-state index is 12.5. The third-order valence-corrected chi connectivity index (χ3v) is 4.93. The van der Waals surface area contributed by atoms with Crippen LogP contribution in [0.15, 0.2) is 28.7 Å². The van der Waals surface area contributed by atoms with Crippen LogP contribution in [0.5, 0.6) is 0 Å². The maximum absolute atomic E-state index is 12.5. The molecular weight excluding hydrogens is 292 g/mol. The van der Waals surface area contributed by atoms with Crippen molar-refractivity contribution >= 4 is 22.7 Å². The Labute approximate surface area is 134 Å². The van der Waals surface area contributed by atoms with Crippen LogP contribution in [-0.2, 0) is 0 Å². The molecule has 0 saturated carbocycles. The van der Waals surface area contributed by atoms with Gasteiger partial charge in [0.1, 0.15) is 5.58 Å². The van der Waals surface area contributed by atoms with E-state index in [0.29, 0.717) is 16.9 Å². The predicted molar refractivity (Wildman–Crippen MR) is 86.6 cm³/mol. The summed E-state index contributed by atoms with van der Waals surface area (Å²) in [5.74, 6) is 0.890. The van der Waals surface area contributed by atoms with E-state index in [1.165, 1.54) is 19.9 Å². The minimum atomic E-state index is -0.112. The summed E-state index contributed by atoms with van der Waals surface area (Å²) in [4.78, 5) is 26.3. The van der Waals surface area contributed by atoms with Crippen molar-refractivity contribution in [2.45, 2.75) is 25.8 Å². The van der Waals surface area contributed by atoms with Gasteiger partial charge in [-0.25, -0.2) is 0 Å². The molecule has 2 bridgehead atoms. The van der Waals surface area contributed by atoms with Crippen LogP contribution in [0.1, 0.15) is 40.7 Å². The number of carbonyl (C=O) groups excluding carboxylic acids is 2. The number of furan rings is 1. The van der Waals surface area contributed by atoms with E-state index < -0.39 is 0 Å². The highest BCUT2D eigenvalue weighted by atomic mass is 16.3. The van der Waals surface area contributed by atoms with Gasteiger partial charge >= 0.3 is 0 Å². The summed E-state index contributed by atoms with van der Waals surface area (Å²) < 4.78 is 5.46. The molecule has 3 atom stereocenters. The van der Waals surface area contributed by atoms with E-state index in [0.717, 1.165) is 30.8 Å². The van der Waals surface area contributed by atoms with Crippen molar-refractivity contribution in [3.63, 3.8) is 0 Å². The lowest BCUT2D eigenvalue weighted by Gasteiger charge is -2.30. The molecule has 2 fully saturated rings. The summed E-state index contributed by atoms with van der Waals surface area (Å²) in [5, 5.41) is 3.94. The van der Waals surface area contributed by atoms with E-state index >= 15 is 0 Å². The molecule has 1 amide bonds. The Balaban J connectivity index is 1.51. The van der Waals surface area contributed by atoms with Gasteiger partial charge in [0, 0.05) is 37.0 Å². The number of fused-ring (bicyclic) bond motifs is 3. The van der Waals surface area contributed by atoms with Crippen molar-refractivity contribution in [3.05, 3.63) is 35.6 Å². The van der Waals surface area contributed by atoms with Gasteiger partial charge in [-0.15, -0.1) is 0 Å². The normalized spacial score (nSPS) is 26.4. The fourth-order valence-electron chi connectivity index (χ4n) is 3.79. The van der Waals surface area contributed by atoms with E-state index in [-0.39, 0.29) is 17.7 Å². The van der Waals surface area contributed by atoms with Gasteiger partial charge in [0.2, 0.25) is 0 Å². The Hall–Kier alpha value is -2.14. The van der Waals surface area contributed by atoms with Crippen molar-refractivity contribution in [1.29, 1.82) is 0 Å². The molecular formula is C18H20N2O3. The lowest BCUT2D eigenvalue weighted by atomic mass is 9.96. The summed E-state index contributed by atoms with van der Waals surface area (Å²) in [6.07, 6.45) is 2.33. The number of hydrogen-bond donors (Lipinski definition) is 1. The Bertz CT molecular complexity index is 768. The van der Waals surface area contributed by atoms with Crippen LogP contribution >= 0.6 is 0 Å².